The molecule has 1 aromatic carbocycles. The van der Waals surface area contributed by atoms with Gasteiger partial charge in [-0.05, 0) is 74.4 Å². The van der Waals surface area contributed by atoms with E-state index in [1.54, 1.807) is 0 Å². The number of aryl methyl sites for hydroxylation is 1. The normalized spacial score (nSPS) is 23.0. The number of aromatic nitrogens is 1. The van der Waals surface area contributed by atoms with Crippen LogP contribution in [-0.4, -0.2) is 90.2 Å². The summed E-state index contributed by atoms with van der Waals surface area (Å²) in [5.41, 5.74) is 5.64. The molecular weight excluding hydrogens is 464 g/mol. The Morgan fingerprint density at radius 3 is 2.59 bits per heavy atom. The Hall–Kier alpha value is -2.48. The molecule has 7 heteroatoms. The summed E-state index contributed by atoms with van der Waals surface area (Å²) in [4.78, 5) is 24.7. The third kappa shape index (κ3) is 5.54. The van der Waals surface area contributed by atoms with E-state index in [1.807, 2.05) is 23.2 Å². The molecule has 3 atom stereocenters. The number of pyridine rings is 1. The Kier molecular flexibility index (Phi) is 8.12. The van der Waals surface area contributed by atoms with Crippen molar-refractivity contribution in [1.29, 1.82) is 0 Å². The number of ether oxygens (including phenoxy) is 2. The molecule has 0 aliphatic carbocycles. The second kappa shape index (κ2) is 11.5. The van der Waals surface area contributed by atoms with Gasteiger partial charge in [0.2, 0.25) is 0 Å². The van der Waals surface area contributed by atoms with Gasteiger partial charge in [-0.25, -0.2) is 0 Å². The van der Waals surface area contributed by atoms with Crippen molar-refractivity contribution in [1.82, 2.24) is 19.7 Å². The lowest BCUT2D eigenvalue weighted by Crippen LogP contribution is -2.49. The summed E-state index contributed by atoms with van der Waals surface area (Å²) in [5.74, 6) is 1.07. The molecule has 1 amide bonds. The van der Waals surface area contributed by atoms with Crippen molar-refractivity contribution >= 4 is 5.91 Å². The highest BCUT2D eigenvalue weighted by atomic mass is 16.5. The molecule has 3 saturated heterocycles. The number of fused-ring (bicyclic) bond motifs is 2. The van der Waals surface area contributed by atoms with Crippen molar-refractivity contribution in [3.05, 3.63) is 58.4 Å². The van der Waals surface area contributed by atoms with Crippen molar-refractivity contribution in [3.63, 3.8) is 0 Å². The lowest BCUT2D eigenvalue weighted by molar-refractivity contribution is 0.0358. The van der Waals surface area contributed by atoms with E-state index in [0.717, 1.165) is 83.1 Å². The van der Waals surface area contributed by atoms with E-state index < -0.39 is 0 Å². The zero-order valence-corrected chi connectivity index (χ0v) is 22.9. The molecule has 0 unspecified atom stereocenters. The first-order chi connectivity index (χ1) is 18.0. The fourth-order valence-corrected chi connectivity index (χ4v) is 6.23. The fourth-order valence-electron chi connectivity index (χ4n) is 6.23. The van der Waals surface area contributed by atoms with Gasteiger partial charge in [0.25, 0.3) is 5.91 Å². The van der Waals surface area contributed by atoms with Crippen LogP contribution in [0.2, 0.25) is 0 Å². The number of carbonyl (C=O) groups is 1. The number of amides is 1. The van der Waals surface area contributed by atoms with Crippen LogP contribution >= 0.6 is 0 Å². The molecule has 3 aliphatic rings. The molecule has 2 aromatic rings. The van der Waals surface area contributed by atoms with E-state index in [-0.39, 0.29) is 11.9 Å². The van der Waals surface area contributed by atoms with Crippen LogP contribution < -0.4 is 4.74 Å². The number of hydrogen-bond acceptors (Lipinski definition) is 6. The average molecular weight is 507 g/mol. The van der Waals surface area contributed by atoms with Crippen molar-refractivity contribution in [2.75, 3.05) is 52.5 Å². The van der Waals surface area contributed by atoms with E-state index in [0.29, 0.717) is 17.8 Å². The van der Waals surface area contributed by atoms with Crippen LogP contribution in [0.25, 0.3) is 0 Å². The summed E-state index contributed by atoms with van der Waals surface area (Å²) in [6, 6.07) is 9.27. The zero-order chi connectivity index (χ0) is 25.9. The summed E-state index contributed by atoms with van der Waals surface area (Å²) in [5, 5.41) is 0. The fraction of sp³-hybridized carbons (Fsp3) is 0.600. The van der Waals surface area contributed by atoms with Crippen molar-refractivity contribution in [2.45, 2.75) is 65.1 Å². The van der Waals surface area contributed by atoms with Gasteiger partial charge < -0.3 is 14.4 Å². The molecular formula is C30H42N4O3. The van der Waals surface area contributed by atoms with Crippen LogP contribution in [0.15, 0.2) is 30.5 Å². The molecule has 2 bridgehead atoms. The number of nitrogens with zero attached hydrogens (tertiary/aromatic N) is 4. The van der Waals surface area contributed by atoms with Crippen molar-refractivity contribution in [2.24, 2.45) is 0 Å². The maximum Gasteiger partial charge on any atom is 0.272 e. The summed E-state index contributed by atoms with van der Waals surface area (Å²) >= 11 is 0. The van der Waals surface area contributed by atoms with E-state index in [2.05, 4.69) is 54.6 Å². The number of carbonyl (C=O) groups excluding carboxylic acids is 1. The van der Waals surface area contributed by atoms with Gasteiger partial charge in [-0.2, -0.15) is 0 Å². The number of hydrogen-bond donors (Lipinski definition) is 0. The third-order valence-electron chi connectivity index (χ3n) is 8.70. The van der Waals surface area contributed by atoms with Crippen LogP contribution in [-0.2, 0) is 11.2 Å². The average Bonchev–Trinajstić information content (AvgIpc) is 3.55. The first kappa shape index (κ1) is 26.1. The molecule has 0 spiro atoms. The SMILES string of the molecule is CCc1ccc(C(=O)N2C[C@@H]3C[C@H]2CN3[C@@H](C)c2ccc(OCCCN3CCOCC3)c(C)c2C)nc1. The maximum absolute atomic E-state index is 13.1. The minimum Gasteiger partial charge on any atom is -0.493 e. The molecule has 4 heterocycles. The van der Waals surface area contributed by atoms with Crippen LogP contribution in [0.5, 0.6) is 5.75 Å². The Morgan fingerprint density at radius 2 is 1.92 bits per heavy atom. The van der Waals surface area contributed by atoms with E-state index in [1.165, 1.54) is 16.7 Å². The highest BCUT2D eigenvalue weighted by molar-refractivity contribution is 5.93. The Balaban J connectivity index is 1.16. The lowest BCUT2D eigenvalue weighted by atomic mass is 9.96. The largest absolute Gasteiger partial charge is 0.493 e. The number of morpholine rings is 1. The van der Waals surface area contributed by atoms with Crippen LogP contribution in [0, 0.1) is 13.8 Å². The molecule has 0 saturated carbocycles. The first-order valence-corrected chi connectivity index (χ1v) is 14.0. The van der Waals surface area contributed by atoms with Gasteiger partial charge >= 0.3 is 0 Å². The Morgan fingerprint density at radius 1 is 1.11 bits per heavy atom. The van der Waals surface area contributed by atoms with E-state index in [9.17, 15) is 4.79 Å². The zero-order valence-electron chi connectivity index (χ0n) is 22.9. The monoisotopic (exact) mass is 506 g/mol. The number of piperazine rings is 1. The number of likely N-dealkylation sites (tertiary alicyclic amines) is 2. The van der Waals surface area contributed by atoms with Gasteiger partial charge in [-0.1, -0.05) is 19.1 Å². The van der Waals surface area contributed by atoms with Crippen molar-refractivity contribution in [3.8, 4) is 5.75 Å². The second-order valence-corrected chi connectivity index (χ2v) is 10.8. The standard InChI is InChI=1S/C30H42N4O3/c1-5-24-7-9-28(31-18-24)30(35)34-20-25-17-26(34)19-33(25)23(4)27-8-10-29(22(3)21(27)2)37-14-6-11-32-12-15-36-16-13-32/h7-10,18,23,25-26H,5-6,11-17,19-20H2,1-4H3/t23-,25-,26-/m0/s1. The lowest BCUT2D eigenvalue weighted by Gasteiger charge is -2.38. The van der Waals surface area contributed by atoms with Gasteiger partial charge in [-0.15, -0.1) is 0 Å². The van der Waals surface area contributed by atoms with Crippen LogP contribution in [0.1, 0.15) is 65.5 Å². The van der Waals surface area contributed by atoms with Gasteiger partial charge in [0, 0.05) is 57.0 Å². The summed E-state index contributed by atoms with van der Waals surface area (Å²) < 4.78 is 11.6. The van der Waals surface area contributed by atoms with E-state index >= 15 is 0 Å². The molecule has 0 N–H and O–H groups in total. The molecule has 37 heavy (non-hydrogen) atoms. The molecule has 3 aliphatic heterocycles. The molecule has 5 rings (SSSR count). The van der Waals surface area contributed by atoms with Gasteiger partial charge in [0.1, 0.15) is 11.4 Å². The minimum atomic E-state index is 0.0737. The van der Waals surface area contributed by atoms with E-state index in [4.69, 9.17) is 9.47 Å². The second-order valence-electron chi connectivity index (χ2n) is 10.8. The number of rotatable bonds is 9. The predicted molar refractivity (Wildman–Crippen MR) is 145 cm³/mol. The van der Waals surface area contributed by atoms with Crippen LogP contribution in [0.3, 0.4) is 0 Å². The quantitative estimate of drug-likeness (QED) is 0.479. The van der Waals surface area contributed by atoms with Crippen molar-refractivity contribution < 1.29 is 14.3 Å². The van der Waals surface area contributed by atoms with Gasteiger partial charge in [0.15, 0.2) is 0 Å². The van der Waals surface area contributed by atoms with Crippen LogP contribution in [0.4, 0.5) is 0 Å². The van der Waals surface area contributed by atoms with Gasteiger partial charge in [-0.3, -0.25) is 19.6 Å². The third-order valence-corrected chi connectivity index (χ3v) is 8.70. The predicted octanol–water partition coefficient (Wildman–Crippen LogP) is 4.02. The Labute approximate surface area is 221 Å². The molecule has 3 fully saturated rings. The molecule has 1 aromatic heterocycles. The molecule has 7 nitrogen and oxygen atoms in total. The summed E-state index contributed by atoms with van der Waals surface area (Å²) in [6.07, 6.45) is 4.84. The highest BCUT2D eigenvalue weighted by Crippen LogP contribution is 2.39. The highest BCUT2D eigenvalue weighted by Gasteiger charge is 2.47. The molecule has 200 valence electrons. The topological polar surface area (TPSA) is 58.1 Å². The molecule has 0 radical (unpaired) electrons. The summed E-state index contributed by atoms with van der Waals surface area (Å²) in [6.45, 7) is 16.1. The number of benzene rings is 1. The Bertz CT molecular complexity index is 1080. The summed E-state index contributed by atoms with van der Waals surface area (Å²) in [7, 11) is 0. The van der Waals surface area contributed by atoms with Gasteiger partial charge in [0.05, 0.1) is 19.8 Å². The minimum absolute atomic E-state index is 0.0737. The first-order valence-electron chi connectivity index (χ1n) is 14.0. The maximum atomic E-state index is 13.1. The smallest absolute Gasteiger partial charge is 0.272 e.